The van der Waals surface area contributed by atoms with Crippen LogP contribution in [0, 0.1) is 0 Å². The van der Waals surface area contributed by atoms with Crippen molar-refractivity contribution in [3.8, 4) is 0 Å². The average Bonchev–Trinajstić information content (AvgIpc) is 2.62. The van der Waals surface area contributed by atoms with Crippen LogP contribution in [0.2, 0.25) is 0 Å². The Kier molecular flexibility index (Phi) is 1.56. The van der Waals surface area contributed by atoms with E-state index in [0.717, 1.165) is 25.1 Å². The number of fused-ring (bicyclic) bond motifs is 1. The van der Waals surface area contributed by atoms with Gasteiger partial charge >= 0.3 is 5.97 Å². The normalized spacial score (nSPS) is 14.4. The van der Waals surface area contributed by atoms with Gasteiger partial charge in [-0.25, -0.2) is 9.48 Å². The zero-order valence-corrected chi connectivity index (χ0v) is 6.78. The second-order valence-corrected chi connectivity index (χ2v) is 2.70. The number of nitrogens with zero attached hydrogens (tertiary/aromatic N) is 3. The van der Waals surface area contributed by atoms with Crippen molar-refractivity contribution in [2.45, 2.75) is 19.4 Å². The molecule has 1 aromatic rings. The lowest BCUT2D eigenvalue weighted by Crippen LogP contribution is -2.05. The summed E-state index contributed by atoms with van der Waals surface area (Å²) in [5.74, 6) is -0.391. The molecule has 5 heteroatoms. The van der Waals surface area contributed by atoms with E-state index in [-0.39, 0.29) is 0 Å². The van der Waals surface area contributed by atoms with Gasteiger partial charge in [-0.3, -0.25) is 0 Å². The van der Waals surface area contributed by atoms with Crippen LogP contribution in [0.1, 0.15) is 22.6 Å². The number of rotatable bonds is 1. The van der Waals surface area contributed by atoms with Crippen LogP contribution in [0.4, 0.5) is 0 Å². The smallest absolute Gasteiger partial charge is 0.360 e. The van der Waals surface area contributed by atoms with E-state index < -0.39 is 5.97 Å². The van der Waals surface area contributed by atoms with E-state index in [2.05, 4.69) is 15.0 Å². The van der Waals surface area contributed by atoms with E-state index >= 15 is 0 Å². The molecule has 2 heterocycles. The monoisotopic (exact) mass is 167 g/mol. The van der Waals surface area contributed by atoms with Crippen LogP contribution in [0.3, 0.4) is 0 Å². The molecule has 0 saturated heterocycles. The molecule has 0 fully saturated rings. The Morgan fingerprint density at radius 2 is 2.50 bits per heavy atom. The minimum Gasteiger partial charge on any atom is -0.464 e. The summed E-state index contributed by atoms with van der Waals surface area (Å²) in [5.41, 5.74) is 1.27. The largest absolute Gasteiger partial charge is 0.464 e. The van der Waals surface area contributed by atoms with Crippen LogP contribution in [0.15, 0.2) is 0 Å². The molecule has 12 heavy (non-hydrogen) atoms. The SMILES string of the molecule is COC(=O)c1nnn2c1CCC2. The van der Waals surface area contributed by atoms with E-state index in [9.17, 15) is 4.79 Å². The van der Waals surface area contributed by atoms with Gasteiger partial charge < -0.3 is 4.74 Å². The number of carbonyl (C=O) groups excluding carboxylic acids is 1. The highest BCUT2D eigenvalue weighted by molar-refractivity contribution is 5.88. The van der Waals surface area contributed by atoms with Gasteiger partial charge in [0, 0.05) is 6.54 Å². The Bertz CT molecular complexity index is 318. The number of hydrogen-bond acceptors (Lipinski definition) is 4. The average molecular weight is 167 g/mol. The summed E-state index contributed by atoms with van der Waals surface area (Å²) in [6.07, 6.45) is 1.91. The first kappa shape index (κ1) is 7.27. The number of esters is 1. The summed E-state index contributed by atoms with van der Waals surface area (Å²) < 4.78 is 6.32. The molecule has 0 unspecified atom stereocenters. The topological polar surface area (TPSA) is 57.0 Å². The van der Waals surface area contributed by atoms with Crippen molar-refractivity contribution in [2.24, 2.45) is 0 Å². The van der Waals surface area contributed by atoms with Crippen LogP contribution >= 0.6 is 0 Å². The highest BCUT2D eigenvalue weighted by Crippen LogP contribution is 2.16. The van der Waals surface area contributed by atoms with E-state index in [0.29, 0.717) is 5.69 Å². The molecule has 0 N–H and O–H groups in total. The lowest BCUT2D eigenvalue weighted by Gasteiger charge is -1.94. The van der Waals surface area contributed by atoms with E-state index in [4.69, 9.17) is 0 Å². The second-order valence-electron chi connectivity index (χ2n) is 2.70. The van der Waals surface area contributed by atoms with E-state index in [1.54, 1.807) is 4.68 Å². The van der Waals surface area contributed by atoms with Gasteiger partial charge in [-0.05, 0) is 12.8 Å². The van der Waals surface area contributed by atoms with Crippen LogP contribution in [0.25, 0.3) is 0 Å². The van der Waals surface area contributed by atoms with Crippen molar-refractivity contribution in [1.82, 2.24) is 15.0 Å². The van der Waals surface area contributed by atoms with Crippen molar-refractivity contribution in [1.29, 1.82) is 0 Å². The van der Waals surface area contributed by atoms with Gasteiger partial charge in [0.15, 0.2) is 5.69 Å². The summed E-state index contributed by atoms with van der Waals surface area (Å²) in [7, 11) is 1.35. The first-order chi connectivity index (χ1) is 5.83. The second kappa shape index (κ2) is 2.58. The Morgan fingerprint density at radius 3 is 3.25 bits per heavy atom. The van der Waals surface area contributed by atoms with Crippen molar-refractivity contribution in [3.05, 3.63) is 11.4 Å². The first-order valence-electron chi connectivity index (χ1n) is 3.83. The van der Waals surface area contributed by atoms with Gasteiger partial charge in [0.1, 0.15) is 0 Å². The van der Waals surface area contributed by atoms with Crippen molar-refractivity contribution in [3.63, 3.8) is 0 Å². The molecular weight excluding hydrogens is 158 g/mol. The Morgan fingerprint density at radius 1 is 1.67 bits per heavy atom. The lowest BCUT2D eigenvalue weighted by molar-refractivity contribution is 0.0592. The van der Waals surface area contributed by atoms with E-state index in [1.165, 1.54) is 7.11 Å². The van der Waals surface area contributed by atoms with Crippen LogP contribution in [-0.2, 0) is 17.7 Å². The maximum absolute atomic E-state index is 11.1. The van der Waals surface area contributed by atoms with Crippen LogP contribution in [0.5, 0.6) is 0 Å². The molecule has 0 aliphatic carbocycles. The minimum atomic E-state index is -0.391. The molecule has 1 aliphatic rings. The number of aryl methyl sites for hydroxylation is 1. The molecule has 0 bridgehead atoms. The summed E-state index contributed by atoms with van der Waals surface area (Å²) in [4.78, 5) is 11.1. The maximum atomic E-state index is 11.1. The molecule has 0 amide bonds. The zero-order chi connectivity index (χ0) is 8.55. The minimum absolute atomic E-state index is 0.370. The highest BCUT2D eigenvalue weighted by Gasteiger charge is 2.23. The third-order valence-electron chi connectivity index (χ3n) is 2.00. The Balaban J connectivity index is 2.39. The Hall–Kier alpha value is -1.39. The molecule has 1 aromatic heterocycles. The third kappa shape index (κ3) is 0.895. The fourth-order valence-electron chi connectivity index (χ4n) is 1.41. The predicted molar refractivity (Wildman–Crippen MR) is 39.7 cm³/mol. The third-order valence-corrected chi connectivity index (χ3v) is 2.00. The summed E-state index contributed by atoms with van der Waals surface area (Å²) >= 11 is 0. The summed E-state index contributed by atoms with van der Waals surface area (Å²) in [6, 6.07) is 0. The van der Waals surface area contributed by atoms with E-state index in [1.807, 2.05) is 0 Å². The van der Waals surface area contributed by atoms with Crippen molar-refractivity contribution < 1.29 is 9.53 Å². The lowest BCUT2D eigenvalue weighted by atomic mass is 10.2. The van der Waals surface area contributed by atoms with Gasteiger partial charge in [-0.2, -0.15) is 0 Å². The predicted octanol–water partition coefficient (Wildman–Crippen LogP) is 0.0109. The van der Waals surface area contributed by atoms with Crippen LogP contribution < -0.4 is 0 Å². The van der Waals surface area contributed by atoms with Gasteiger partial charge in [-0.1, -0.05) is 5.21 Å². The molecule has 64 valence electrons. The quantitative estimate of drug-likeness (QED) is 0.553. The van der Waals surface area contributed by atoms with Gasteiger partial charge in [0.25, 0.3) is 0 Å². The summed E-state index contributed by atoms with van der Waals surface area (Å²) in [5, 5.41) is 7.58. The summed E-state index contributed by atoms with van der Waals surface area (Å²) in [6.45, 7) is 0.860. The molecule has 0 saturated carbocycles. The van der Waals surface area contributed by atoms with Crippen molar-refractivity contribution >= 4 is 5.97 Å². The number of carbonyl (C=O) groups is 1. The maximum Gasteiger partial charge on any atom is 0.360 e. The molecule has 0 atom stereocenters. The number of methoxy groups -OCH3 is 1. The van der Waals surface area contributed by atoms with Gasteiger partial charge in [-0.15, -0.1) is 5.10 Å². The molecule has 0 aromatic carbocycles. The molecular formula is C7H9N3O2. The molecule has 0 radical (unpaired) electrons. The van der Waals surface area contributed by atoms with Gasteiger partial charge in [0.05, 0.1) is 12.8 Å². The molecule has 2 rings (SSSR count). The highest BCUT2D eigenvalue weighted by atomic mass is 16.5. The standard InChI is InChI=1S/C7H9N3O2/c1-12-7(11)6-5-3-2-4-10(5)9-8-6/h2-4H2,1H3. The fourth-order valence-corrected chi connectivity index (χ4v) is 1.41. The molecule has 5 nitrogen and oxygen atoms in total. The first-order valence-corrected chi connectivity index (χ1v) is 3.83. The van der Waals surface area contributed by atoms with Gasteiger partial charge in [0.2, 0.25) is 0 Å². The fraction of sp³-hybridized carbons (Fsp3) is 0.571. The molecule has 0 spiro atoms. The van der Waals surface area contributed by atoms with Crippen molar-refractivity contribution in [2.75, 3.05) is 7.11 Å². The zero-order valence-electron chi connectivity index (χ0n) is 6.78. The number of ether oxygens (including phenoxy) is 1. The van der Waals surface area contributed by atoms with Crippen LogP contribution in [-0.4, -0.2) is 28.1 Å². The molecule has 1 aliphatic heterocycles. The number of hydrogen-bond donors (Lipinski definition) is 0. The number of aromatic nitrogens is 3. The Labute approximate surface area is 69.3 Å².